The summed E-state index contributed by atoms with van der Waals surface area (Å²) in [6.07, 6.45) is 0. The Balaban J connectivity index is 4.01. The van der Waals surface area contributed by atoms with Crippen LogP contribution in [0, 0.1) is 0 Å². The highest BCUT2D eigenvalue weighted by Gasteiger charge is 2.19. The molecule has 0 aliphatic rings. The third-order valence-electron chi connectivity index (χ3n) is 2.07. The molecule has 1 unspecified atom stereocenters. The molecule has 0 aliphatic carbocycles. The Labute approximate surface area is 84.6 Å². The van der Waals surface area contributed by atoms with Crippen LogP contribution in [0.15, 0.2) is 0 Å². The van der Waals surface area contributed by atoms with E-state index in [9.17, 15) is 4.79 Å². The smallest absolute Gasteiger partial charge is 0.320 e. The lowest BCUT2D eigenvalue weighted by Gasteiger charge is -2.25. The van der Waals surface area contributed by atoms with Crippen molar-refractivity contribution < 1.29 is 19.4 Å². The highest BCUT2D eigenvalue weighted by atomic mass is 16.5. The van der Waals surface area contributed by atoms with Gasteiger partial charge in [-0.25, -0.2) is 0 Å². The van der Waals surface area contributed by atoms with Gasteiger partial charge in [0.15, 0.2) is 0 Å². The number of nitrogens with zero attached hydrogens (tertiary/aromatic N) is 1. The number of ether oxygens (including phenoxy) is 2. The molecule has 0 saturated carbocycles. The lowest BCUT2D eigenvalue weighted by atomic mass is 10.3. The Kier molecular flexibility index (Phi) is 7.37. The fourth-order valence-electron chi connectivity index (χ4n) is 1.07. The molecule has 0 aromatic heterocycles. The summed E-state index contributed by atoms with van der Waals surface area (Å²) in [7, 11) is 3.19. The van der Waals surface area contributed by atoms with E-state index in [1.54, 1.807) is 21.1 Å². The molecule has 0 rings (SSSR count). The Hall–Kier alpha value is -0.650. The zero-order chi connectivity index (χ0) is 11.0. The monoisotopic (exact) mass is 205 g/mol. The van der Waals surface area contributed by atoms with E-state index in [2.05, 4.69) is 0 Å². The lowest BCUT2D eigenvalue weighted by molar-refractivity contribution is -0.143. The topological polar surface area (TPSA) is 59.0 Å². The number of aliphatic carboxylic acids is 1. The van der Waals surface area contributed by atoms with Gasteiger partial charge in [-0.3, -0.25) is 9.69 Å². The average Bonchev–Trinajstić information content (AvgIpc) is 2.17. The SMILES string of the molecule is COCCN(CCOC)C(C)C(=O)O. The summed E-state index contributed by atoms with van der Waals surface area (Å²) in [5, 5.41) is 8.83. The fraction of sp³-hybridized carbons (Fsp3) is 0.889. The number of rotatable bonds is 8. The Morgan fingerprint density at radius 2 is 1.71 bits per heavy atom. The average molecular weight is 205 g/mol. The summed E-state index contributed by atoms with van der Waals surface area (Å²) in [4.78, 5) is 12.6. The van der Waals surface area contributed by atoms with E-state index in [1.165, 1.54) is 0 Å². The molecule has 84 valence electrons. The minimum absolute atomic E-state index is 0.500. The number of methoxy groups -OCH3 is 2. The van der Waals surface area contributed by atoms with Gasteiger partial charge >= 0.3 is 5.97 Å². The molecule has 0 saturated heterocycles. The van der Waals surface area contributed by atoms with Crippen LogP contribution in [0.1, 0.15) is 6.92 Å². The highest BCUT2D eigenvalue weighted by molar-refractivity contribution is 5.72. The third kappa shape index (κ3) is 5.16. The quantitative estimate of drug-likeness (QED) is 0.607. The van der Waals surface area contributed by atoms with E-state index < -0.39 is 12.0 Å². The fourth-order valence-corrected chi connectivity index (χ4v) is 1.07. The number of carboxylic acid groups (broad SMARTS) is 1. The second kappa shape index (κ2) is 7.73. The second-order valence-electron chi connectivity index (χ2n) is 3.04. The highest BCUT2D eigenvalue weighted by Crippen LogP contribution is 1.99. The molecule has 0 fully saturated rings. The molecule has 5 nitrogen and oxygen atoms in total. The predicted octanol–water partition coefficient (Wildman–Crippen LogP) is 0.0543. The number of hydrogen-bond acceptors (Lipinski definition) is 4. The van der Waals surface area contributed by atoms with Crippen molar-refractivity contribution in [3.8, 4) is 0 Å². The van der Waals surface area contributed by atoms with Gasteiger partial charge in [-0.1, -0.05) is 0 Å². The van der Waals surface area contributed by atoms with Crippen molar-refractivity contribution in [2.24, 2.45) is 0 Å². The summed E-state index contributed by atoms with van der Waals surface area (Å²) in [5.74, 6) is -0.822. The first kappa shape index (κ1) is 13.4. The maximum Gasteiger partial charge on any atom is 0.320 e. The van der Waals surface area contributed by atoms with Crippen molar-refractivity contribution in [2.75, 3.05) is 40.5 Å². The van der Waals surface area contributed by atoms with Gasteiger partial charge in [0.25, 0.3) is 0 Å². The molecule has 0 spiro atoms. The summed E-state index contributed by atoms with van der Waals surface area (Å²) in [5.41, 5.74) is 0. The molecule has 0 radical (unpaired) electrons. The summed E-state index contributed by atoms with van der Waals surface area (Å²) in [6.45, 7) is 3.93. The van der Waals surface area contributed by atoms with E-state index in [0.29, 0.717) is 26.3 Å². The summed E-state index contributed by atoms with van der Waals surface area (Å²) < 4.78 is 9.81. The van der Waals surface area contributed by atoms with E-state index in [4.69, 9.17) is 14.6 Å². The molecule has 0 bridgehead atoms. The van der Waals surface area contributed by atoms with Gasteiger partial charge in [-0.2, -0.15) is 0 Å². The second-order valence-corrected chi connectivity index (χ2v) is 3.04. The lowest BCUT2D eigenvalue weighted by Crippen LogP contribution is -2.42. The van der Waals surface area contributed by atoms with E-state index >= 15 is 0 Å². The van der Waals surface area contributed by atoms with E-state index in [0.717, 1.165) is 0 Å². The molecule has 1 atom stereocenters. The third-order valence-corrected chi connectivity index (χ3v) is 2.07. The van der Waals surface area contributed by atoms with Crippen molar-refractivity contribution >= 4 is 5.97 Å². The first-order chi connectivity index (χ1) is 6.63. The number of carboxylic acids is 1. The van der Waals surface area contributed by atoms with Crippen molar-refractivity contribution in [3.05, 3.63) is 0 Å². The molecule has 0 amide bonds. The van der Waals surface area contributed by atoms with Gasteiger partial charge in [0.1, 0.15) is 6.04 Å². The van der Waals surface area contributed by atoms with E-state index in [-0.39, 0.29) is 0 Å². The maximum absolute atomic E-state index is 10.7. The van der Waals surface area contributed by atoms with Crippen LogP contribution in [0.25, 0.3) is 0 Å². The van der Waals surface area contributed by atoms with Crippen LogP contribution in [-0.4, -0.2) is 62.5 Å². The van der Waals surface area contributed by atoms with Gasteiger partial charge in [0.05, 0.1) is 13.2 Å². The largest absolute Gasteiger partial charge is 0.480 e. The van der Waals surface area contributed by atoms with Crippen LogP contribution in [0.5, 0.6) is 0 Å². The standard InChI is InChI=1S/C9H19NO4/c1-8(9(11)12)10(4-6-13-2)5-7-14-3/h8H,4-7H2,1-3H3,(H,11,12). The molecule has 14 heavy (non-hydrogen) atoms. The van der Waals surface area contributed by atoms with Crippen molar-refractivity contribution in [3.63, 3.8) is 0 Å². The Morgan fingerprint density at radius 3 is 2.00 bits per heavy atom. The van der Waals surface area contributed by atoms with Gasteiger partial charge in [0.2, 0.25) is 0 Å². The van der Waals surface area contributed by atoms with Crippen LogP contribution in [0.4, 0.5) is 0 Å². The van der Waals surface area contributed by atoms with Crippen LogP contribution in [0.3, 0.4) is 0 Å². The van der Waals surface area contributed by atoms with Crippen molar-refractivity contribution in [1.29, 1.82) is 0 Å². The molecule has 0 aromatic carbocycles. The first-order valence-electron chi connectivity index (χ1n) is 4.58. The van der Waals surface area contributed by atoms with Gasteiger partial charge in [0, 0.05) is 27.3 Å². The molecular formula is C9H19NO4. The van der Waals surface area contributed by atoms with Gasteiger partial charge in [-0.05, 0) is 6.92 Å². The minimum Gasteiger partial charge on any atom is -0.480 e. The molecule has 1 N–H and O–H groups in total. The van der Waals surface area contributed by atoms with Crippen molar-refractivity contribution in [1.82, 2.24) is 4.90 Å². The van der Waals surface area contributed by atoms with Crippen molar-refractivity contribution in [2.45, 2.75) is 13.0 Å². The molecule has 0 heterocycles. The van der Waals surface area contributed by atoms with Crippen LogP contribution >= 0.6 is 0 Å². The zero-order valence-electron chi connectivity index (χ0n) is 9.02. The maximum atomic E-state index is 10.7. The molecule has 0 aromatic rings. The van der Waals surface area contributed by atoms with Crippen LogP contribution < -0.4 is 0 Å². The molecular weight excluding hydrogens is 186 g/mol. The predicted molar refractivity (Wildman–Crippen MR) is 52.4 cm³/mol. The van der Waals surface area contributed by atoms with Crippen LogP contribution in [0.2, 0.25) is 0 Å². The normalized spacial score (nSPS) is 13.1. The first-order valence-corrected chi connectivity index (χ1v) is 4.58. The molecule has 5 heteroatoms. The Bertz CT molecular complexity index is 155. The summed E-state index contributed by atoms with van der Waals surface area (Å²) >= 11 is 0. The van der Waals surface area contributed by atoms with Crippen LogP contribution in [-0.2, 0) is 14.3 Å². The Morgan fingerprint density at radius 1 is 1.29 bits per heavy atom. The van der Waals surface area contributed by atoms with Gasteiger partial charge < -0.3 is 14.6 Å². The summed E-state index contributed by atoms with van der Waals surface area (Å²) in [6, 6.07) is -0.500. The van der Waals surface area contributed by atoms with Gasteiger partial charge in [-0.15, -0.1) is 0 Å². The molecule has 0 aliphatic heterocycles. The van der Waals surface area contributed by atoms with E-state index in [1.807, 2.05) is 4.90 Å². The minimum atomic E-state index is -0.822. The zero-order valence-corrected chi connectivity index (χ0v) is 9.02. The number of hydrogen-bond donors (Lipinski definition) is 1. The number of carbonyl (C=O) groups is 1.